The Bertz CT molecular complexity index is 2130. The van der Waals surface area contributed by atoms with Gasteiger partial charge in [-0.3, -0.25) is 0 Å². The minimum Gasteiger partial charge on any atom is -0.435 e. The lowest BCUT2D eigenvalue weighted by Crippen LogP contribution is -2.36. The third kappa shape index (κ3) is 4.24. The Kier molecular flexibility index (Phi) is 5.45. The molecule has 5 heteroatoms. The van der Waals surface area contributed by atoms with Gasteiger partial charge in [0.1, 0.15) is 17.2 Å². The molecule has 0 fully saturated rings. The van der Waals surface area contributed by atoms with Crippen LogP contribution in [0.3, 0.4) is 0 Å². The first kappa shape index (κ1) is 23.3. The molecule has 0 spiro atoms. The molecule has 0 saturated heterocycles. The van der Waals surface area contributed by atoms with E-state index >= 15 is 0 Å². The third-order valence-electron chi connectivity index (χ3n) is 7.52. The van der Waals surface area contributed by atoms with Crippen molar-refractivity contribution in [3.63, 3.8) is 0 Å². The maximum absolute atomic E-state index is 6.38. The van der Waals surface area contributed by atoms with Gasteiger partial charge in [-0.25, -0.2) is 15.0 Å². The highest BCUT2D eigenvalue weighted by molar-refractivity contribution is 6.17. The molecule has 194 valence electrons. The number of aliphatic imine (C=N–C) groups is 2. The average molecular weight is 529 g/mol. The molecule has 8 rings (SSSR count). The van der Waals surface area contributed by atoms with Gasteiger partial charge in [0, 0.05) is 22.1 Å². The molecule has 5 nitrogen and oxygen atoms in total. The summed E-state index contributed by atoms with van der Waals surface area (Å²) in [5.41, 5.74) is 5.63. The molecule has 1 aliphatic rings. The molecule has 1 atom stereocenters. The molecule has 6 aromatic carbocycles. The summed E-state index contributed by atoms with van der Waals surface area (Å²) in [6.07, 6.45) is -0.334. The van der Waals surface area contributed by atoms with Gasteiger partial charge in [-0.05, 0) is 52.1 Å². The topological polar surface area (TPSA) is 62.8 Å². The van der Waals surface area contributed by atoms with Gasteiger partial charge in [-0.15, -0.1) is 0 Å². The van der Waals surface area contributed by atoms with Gasteiger partial charge in [0.05, 0.1) is 0 Å². The number of rotatable bonds is 4. The number of aromatic nitrogens is 1. The predicted octanol–water partition coefficient (Wildman–Crippen LogP) is 8.30. The summed E-state index contributed by atoms with van der Waals surface area (Å²) >= 11 is 0. The van der Waals surface area contributed by atoms with Gasteiger partial charge >= 0.3 is 0 Å². The molecule has 0 aliphatic carbocycles. The van der Waals surface area contributed by atoms with Crippen molar-refractivity contribution in [2.24, 2.45) is 9.98 Å². The van der Waals surface area contributed by atoms with Crippen LogP contribution in [-0.2, 0) is 0 Å². The van der Waals surface area contributed by atoms with E-state index in [-0.39, 0.29) is 6.17 Å². The number of nitrogens with one attached hydrogen (secondary N) is 1. The van der Waals surface area contributed by atoms with Crippen LogP contribution in [0.15, 0.2) is 148 Å². The summed E-state index contributed by atoms with van der Waals surface area (Å²) in [5, 5.41) is 7.92. The number of nitrogens with zero attached hydrogens (tertiary/aromatic N) is 3. The van der Waals surface area contributed by atoms with E-state index < -0.39 is 0 Å². The quantitative estimate of drug-likeness (QED) is 0.250. The van der Waals surface area contributed by atoms with Crippen LogP contribution in [0.5, 0.6) is 0 Å². The average Bonchev–Trinajstić information content (AvgIpc) is 3.50. The molecule has 7 aromatic rings. The van der Waals surface area contributed by atoms with Gasteiger partial charge in [0.15, 0.2) is 11.7 Å². The summed E-state index contributed by atoms with van der Waals surface area (Å²) in [6.45, 7) is 0. The Morgan fingerprint density at radius 3 is 2.02 bits per heavy atom. The fourth-order valence-electron chi connectivity index (χ4n) is 5.42. The van der Waals surface area contributed by atoms with Crippen LogP contribution in [-0.4, -0.2) is 16.7 Å². The van der Waals surface area contributed by atoms with E-state index in [2.05, 4.69) is 84.2 Å². The maximum atomic E-state index is 6.38. The maximum Gasteiger partial charge on any atom is 0.227 e. The first-order chi connectivity index (χ1) is 20.3. The van der Waals surface area contributed by atoms with Gasteiger partial charge < -0.3 is 9.73 Å². The number of fused-ring (bicyclic) bond motifs is 4. The minimum atomic E-state index is -0.334. The summed E-state index contributed by atoms with van der Waals surface area (Å²) in [5.74, 6) is 2.20. The van der Waals surface area contributed by atoms with Gasteiger partial charge in [0.2, 0.25) is 5.89 Å². The van der Waals surface area contributed by atoms with Crippen molar-refractivity contribution in [1.82, 2.24) is 10.3 Å². The summed E-state index contributed by atoms with van der Waals surface area (Å²) in [7, 11) is 0. The van der Waals surface area contributed by atoms with Crippen molar-refractivity contribution in [1.29, 1.82) is 0 Å². The summed E-state index contributed by atoms with van der Waals surface area (Å²) in [4.78, 5) is 14.8. The molecule has 0 saturated carbocycles. The smallest absolute Gasteiger partial charge is 0.227 e. The van der Waals surface area contributed by atoms with Crippen molar-refractivity contribution in [2.75, 3.05) is 0 Å². The Labute approximate surface area is 236 Å². The molecule has 0 radical (unpaired) electrons. The lowest BCUT2D eigenvalue weighted by Gasteiger charge is -2.22. The summed E-state index contributed by atoms with van der Waals surface area (Å²) < 4.78 is 6.38. The van der Waals surface area contributed by atoms with Crippen LogP contribution >= 0.6 is 0 Å². The van der Waals surface area contributed by atoms with Crippen LogP contribution in [0.2, 0.25) is 0 Å². The normalized spacial score (nSPS) is 15.1. The molecule has 1 unspecified atom stereocenters. The minimum absolute atomic E-state index is 0.334. The highest BCUT2D eigenvalue weighted by Gasteiger charge is 2.21. The van der Waals surface area contributed by atoms with E-state index in [1.165, 1.54) is 5.39 Å². The molecule has 2 heterocycles. The number of amidine groups is 2. The standard InChI is InChI=1S/C36H24N4O/c1-3-10-24(11-4-1)33-38-34(25-12-5-2-6-13-25)40-35(39-33)28-17-19-30-27(22-28)18-20-31-32(30)41-36(37-31)29-16-15-23-9-7-8-14-26(23)21-29/h1-22,33H,(H,38,39,40). The van der Waals surface area contributed by atoms with Crippen molar-refractivity contribution in [3.05, 3.63) is 150 Å². The Morgan fingerprint density at radius 2 is 1.20 bits per heavy atom. The predicted molar refractivity (Wildman–Crippen MR) is 166 cm³/mol. The molecule has 1 aromatic heterocycles. The van der Waals surface area contributed by atoms with Gasteiger partial charge in [0.25, 0.3) is 0 Å². The third-order valence-corrected chi connectivity index (χ3v) is 7.52. The van der Waals surface area contributed by atoms with Crippen molar-refractivity contribution in [2.45, 2.75) is 6.17 Å². The van der Waals surface area contributed by atoms with Crippen LogP contribution in [0.4, 0.5) is 0 Å². The first-order valence-corrected chi connectivity index (χ1v) is 13.6. The van der Waals surface area contributed by atoms with Crippen molar-refractivity contribution >= 4 is 44.3 Å². The van der Waals surface area contributed by atoms with Gasteiger partial charge in [-0.2, -0.15) is 0 Å². The monoisotopic (exact) mass is 528 g/mol. The van der Waals surface area contributed by atoms with Crippen LogP contribution in [0, 0.1) is 0 Å². The van der Waals surface area contributed by atoms with Crippen LogP contribution in [0.25, 0.3) is 44.1 Å². The van der Waals surface area contributed by atoms with E-state index in [1.807, 2.05) is 54.6 Å². The Morgan fingerprint density at radius 1 is 0.537 bits per heavy atom. The summed E-state index contributed by atoms with van der Waals surface area (Å²) in [6, 6.07) is 45.4. The number of hydrogen-bond acceptors (Lipinski definition) is 5. The zero-order chi connectivity index (χ0) is 27.2. The fourth-order valence-corrected chi connectivity index (χ4v) is 5.42. The molecular formula is C36H24N4O. The highest BCUT2D eigenvalue weighted by atomic mass is 16.3. The lowest BCUT2D eigenvalue weighted by molar-refractivity contribution is 0.623. The van der Waals surface area contributed by atoms with Crippen LogP contribution < -0.4 is 5.32 Å². The second-order valence-electron chi connectivity index (χ2n) is 10.2. The van der Waals surface area contributed by atoms with Crippen molar-refractivity contribution in [3.8, 4) is 11.5 Å². The molecule has 1 aliphatic heterocycles. The van der Waals surface area contributed by atoms with E-state index in [9.17, 15) is 0 Å². The zero-order valence-corrected chi connectivity index (χ0v) is 22.0. The SMILES string of the molecule is c1ccc(C2=NC(c3ccccc3)N=C(c3ccc4c(ccc5nc(-c6ccc7ccccc7c6)oc54)c3)N2)cc1. The van der Waals surface area contributed by atoms with E-state index in [1.54, 1.807) is 0 Å². The van der Waals surface area contributed by atoms with E-state index in [0.717, 1.165) is 61.2 Å². The Balaban J connectivity index is 1.19. The second-order valence-corrected chi connectivity index (χ2v) is 10.2. The van der Waals surface area contributed by atoms with Crippen molar-refractivity contribution < 1.29 is 4.42 Å². The fraction of sp³-hybridized carbons (Fsp3) is 0.0278. The molecule has 1 N–H and O–H groups in total. The largest absolute Gasteiger partial charge is 0.435 e. The lowest BCUT2D eigenvalue weighted by atomic mass is 10.0. The molecular weight excluding hydrogens is 504 g/mol. The second kappa shape index (κ2) is 9.57. The molecule has 41 heavy (non-hydrogen) atoms. The van der Waals surface area contributed by atoms with E-state index in [0.29, 0.717) is 5.89 Å². The van der Waals surface area contributed by atoms with Gasteiger partial charge in [-0.1, -0.05) is 103 Å². The Hall–Kier alpha value is -5.55. The zero-order valence-electron chi connectivity index (χ0n) is 22.0. The van der Waals surface area contributed by atoms with E-state index in [4.69, 9.17) is 19.4 Å². The number of hydrogen-bond donors (Lipinski definition) is 1. The molecule has 0 amide bonds. The highest BCUT2D eigenvalue weighted by Crippen LogP contribution is 2.32. The molecule has 0 bridgehead atoms. The number of benzene rings is 6. The van der Waals surface area contributed by atoms with Crippen LogP contribution in [0.1, 0.15) is 22.9 Å². The first-order valence-electron chi connectivity index (χ1n) is 13.6. The number of oxazole rings is 1.